The molecule has 0 aliphatic rings. The fourth-order valence-electron chi connectivity index (χ4n) is 0.602. The zero-order chi connectivity index (χ0) is 9.61. The summed E-state index contributed by atoms with van der Waals surface area (Å²) in [5.41, 5.74) is 0. The van der Waals surface area contributed by atoms with Gasteiger partial charge in [-0.25, -0.2) is 13.1 Å². The lowest BCUT2D eigenvalue weighted by Gasteiger charge is -2.07. The van der Waals surface area contributed by atoms with E-state index in [1.165, 1.54) is 0 Å². The van der Waals surface area contributed by atoms with E-state index in [9.17, 15) is 8.42 Å². The van der Waals surface area contributed by atoms with Gasteiger partial charge in [0, 0.05) is 13.1 Å². The summed E-state index contributed by atoms with van der Waals surface area (Å²) in [6, 6.07) is 0. The van der Waals surface area contributed by atoms with Gasteiger partial charge in [0.1, 0.15) is 0 Å². The Morgan fingerprint density at radius 3 is 2.33 bits per heavy atom. The lowest BCUT2D eigenvalue weighted by atomic mass is 10.2. The highest BCUT2D eigenvalue weighted by atomic mass is 32.2. The van der Waals surface area contributed by atoms with Crippen molar-refractivity contribution in [3.63, 3.8) is 0 Å². The molecule has 0 aromatic heterocycles. The molecule has 0 aromatic carbocycles. The molecule has 2 N–H and O–H groups in total. The summed E-state index contributed by atoms with van der Waals surface area (Å²) in [5, 5.41) is 2.79. The second kappa shape index (κ2) is 5.50. The first kappa shape index (κ1) is 11.9. The molecule has 0 saturated heterocycles. The maximum Gasteiger partial charge on any atom is 0.212 e. The molecule has 0 bridgehead atoms. The lowest BCUT2D eigenvalue weighted by Crippen LogP contribution is -2.33. The maximum atomic E-state index is 11.1. The van der Waals surface area contributed by atoms with E-state index in [4.69, 9.17) is 0 Å². The molecule has 0 heterocycles. The third kappa shape index (κ3) is 6.57. The molecule has 0 aromatic rings. The van der Waals surface area contributed by atoms with Crippen LogP contribution in [0.15, 0.2) is 0 Å². The van der Waals surface area contributed by atoms with Crippen LogP contribution in [0.3, 0.4) is 0 Å². The topological polar surface area (TPSA) is 58.2 Å². The van der Waals surface area contributed by atoms with E-state index in [-0.39, 0.29) is 5.75 Å². The van der Waals surface area contributed by atoms with Gasteiger partial charge in [0.05, 0.1) is 5.75 Å². The van der Waals surface area contributed by atoms with Gasteiger partial charge in [0.2, 0.25) is 10.0 Å². The maximum absolute atomic E-state index is 11.1. The Labute approximate surface area is 74.8 Å². The smallest absolute Gasteiger partial charge is 0.212 e. The Morgan fingerprint density at radius 1 is 1.33 bits per heavy atom. The minimum absolute atomic E-state index is 0.149. The number of rotatable bonds is 6. The molecule has 4 nitrogen and oxygen atoms in total. The zero-order valence-corrected chi connectivity index (χ0v) is 8.74. The molecule has 5 heteroatoms. The lowest BCUT2D eigenvalue weighted by molar-refractivity contribution is 0.558. The summed E-state index contributed by atoms with van der Waals surface area (Å²) in [5.74, 6) is 0.505. The molecule has 0 atom stereocenters. The van der Waals surface area contributed by atoms with Crippen molar-refractivity contribution in [3.05, 3.63) is 0 Å². The van der Waals surface area contributed by atoms with E-state index < -0.39 is 10.0 Å². The molecule has 0 aliphatic carbocycles. The van der Waals surface area contributed by atoms with Crippen molar-refractivity contribution < 1.29 is 8.42 Å². The van der Waals surface area contributed by atoms with Crippen LogP contribution in [-0.4, -0.2) is 34.3 Å². The average molecular weight is 194 g/mol. The van der Waals surface area contributed by atoms with Crippen molar-refractivity contribution in [2.24, 2.45) is 5.92 Å². The van der Waals surface area contributed by atoms with Crippen molar-refractivity contribution in [1.82, 2.24) is 10.0 Å². The summed E-state index contributed by atoms with van der Waals surface area (Å²) in [6.45, 7) is 4.96. The Balaban J connectivity index is 3.73. The van der Waals surface area contributed by atoms with Crippen LogP contribution in [-0.2, 0) is 10.0 Å². The first-order chi connectivity index (χ1) is 5.48. The standard InChI is InChI=1S/C7H18N2O2S/c1-7(2)6-9-12(10,11)5-4-8-3/h7-9H,4-6H2,1-3H3. The number of sulfonamides is 1. The molecule has 74 valence electrons. The Kier molecular flexibility index (Phi) is 5.44. The molecule has 0 amide bonds. The van der Waals surface area contributed by atoms with Crippen LogP contribution in [0.25, 0.3) is 0 Å². The van der Waals surface area contributed by atoms with Crippen LogP contribution < -0.4 is 10.0 Å². The van der Waals surface area contributed by atoms with E-state index in [1.54, 1.807) is 7.05 Å². The zero-order valence-electron chi connectivity index (χ0n) is 7.92. The van der Waals surface area contributed by atoms with Gasteiger partial charge in [-0.3, -0.25) is 0 Å². The summed E-state index contributed by atoms with van der Waals surface area (Å²) >= 11 is 0. The van der Waals surface area contributed by atoms with Gasteiger partial charge >= 0.3 is 0 Å². The molecule has 0 aliphatic heterocycles. The first-order valence-corrected chi connectivity index (χ1v) is 5.75. The molecular formula is C7H18N2O2S. The normalized spacial score (nSPS) is 12.3. The number of hydrogen-bond acceptors (Lipinski definition) is 3. The third-order valence-corrected chi connectivity index (χ3v) is 2.68. The Morgan fingerprint density at radius 2 is 1.92 bits per heavy atom. The van der Waals surface area contributed by atoms with E-state index >= 15 is 0 Å². The van der Waals surface area contributed by atoms with Gasteiger partial charge in [-0.15, -0.1) is 0 Å². The van der Waals surface area contributed by atoms with Crippen LogP contribution >= 0.6 is 0 Å². The highest BCUT2D eigenvalue weighted by molar-refractivity contribution is 7.89. The molecule has 0 radical (unpaired) electrons. The predicted molar refractivity (Wildman–Crippen MR) is 50.6 cm³/mol. The Bertz CT molecular complexity index is 199. The van der Waals surface area contributed by atoms with Gasteiger partial charge in [-0.05, 0) is 13.0 Å². The van der Waals surface area contributed by atoms with Crippen molar-refractivity contribution >= 4 is 10.0 Å². The summed E-state index contributed by atoms with van der Waals surface area (Å²) in [6.07, 6.45) is 0. The van der Waals surface area contributed by atoms with Crippen LogP contribution in [0.1, 0.15) is 13.8 Å². The largest absolute Gasteiger partial charge is 0.319 e. The van der Waals surface area contributed by atoms with E-state index in [0.717, 1.165) is 0 Å². The van der Waals surface area contributed by atoms with Crippen molar-refractivity contribution in [2.75, 3.05) is 25.9 Å². The molecule has 12 heavy (non-hydrogen) atoms. The second-order valence-electron chi connectivity index (χ2n) is 3.16. The van der Waals surface area contributed by atoms with Gasteiger partial charge in [-0.2, -0.15) is 0 Å². The summed E-state index contributed by atoms with van der Waals surface area (Å²) in [7, 11) is -1.32. The van der Waals surface area contributed by atoms with Gasteiger partial charge in [-0.1, -0.05) is 13.8 Å². The van der Waals surface area contributed by atoms with Crippen LogP contribution in [0.5, 0.6) is 0 Å². The molecule has 0 spiro atoms. The van der Waals surface area contributed by atoms with Crippen LogP contribution in [0.4, 0.5) is 0 Å². The highest BCUT2D eigenvalue weighted by Crippen LogP contribution is 1.90. The van der Waals surface area contributed by atoms with Crippen molar-refractivity contribution in [1.29, 1.82) is 0 Å². The van der Waals surface area contributed by atoms with Crippen LogP contribution in [0, 0.1) is 5.92 Å². The number of nitrogens with one attached hydrogen (secondary N) is 2. The van der Waals surface area contributed by atoms with Crippen molar-refractivity contribution in [3.8, 4) is 0 Å². The second-order valence-corrected chi connectivity index (χ2v) is 5.09. The van der Waals surface area contributed by atoms with E-state index in [0.29, 0.717) is 19.0 Å². The third-order valence-electron chi connectivity index (χ3n) is 1.33. The molecule has 0 fully saturated rings. The highest BCUT2D eigenvalue weighted by Gasteiger charge is 2.08. The van der Waals surface area contributed by atoms with Crippen molar-refractivity contribution in [2.45, 2.75) is 13.8 Å². The predicted octanol–water partition coefficient (Wildman–Crippen LogP) is -0.219. The summed E-state index contributed by atoms with van der Waals surface area (Å²) < 4.78 is 24.8. The Hall–Kier alpha value is -0.130. The molecule has 0 unspecified atom stereocenters. The average Bonchev–Trinajstić information content (AvgIpc) is 1.98. The molecule has 0 saturated carbocycles. The SMILES string of the molecule is CNCCS(=O)(=O)NCC(C)C. The first-order valence-electron chi connectivity index (χ1n) is 4.10. The monoisotopic (exact) mass is 194 g/mol. The number of hydrogen-bond donors (Lipinski definition) is 2. The molecular weight excluding hydrogens is 176 g/mol. The quantitative estimate of drug-likeness (QED) is 0.614. The minimum atomic E-state index is -3.05. The minimum Gasteiger partial charge on any atom is -0.319 e. The van der Waals surface area contributed by atoms with E-state index in [2.05, 4.69) is 10.0 Å². The summed E-state index contributed by atoms with van der Waals surface area (Å²) in [4.78, 5) is 0. The van der Waals surface area contributed by atoms with Crippen LogP contribution in [0.2, 0.25) is 0 Å². The van der Waals surface area contributed by atoms with E-state index in [1.807, 2.05) is 13.8 Å². The molecule has 0 rings (SSSR count). The fourth-order valence-corrected chi connectivity index (χ4v) is 1.81. The van der Waals surface area contributed by atoms with Gasteiger partial charge < -0.3 is 5.32 Å². The fraction of sp³-hybridized carbons (Fsp3) is 1.00. The van der Waals surface area contributed by atoms with Gasteiger partial charge in [0.15, 0.2) is 0 Å². The van der Waals surface area contributed by atoms with Gasteiger partial charge in [0.25, 0.3) is 0 Å².